The quantitative estimate of drug-likeness (QED) is 0.438. The molecule has 33 heavy (non-hydrogen) atoms. The maximum Gasteiger partial charge on any atom is 0.0790 e. The number of aliphatic hydroxyl groups excluding tert-OH is 1. The molecule has 4 aliphatic carbocycles. The Hall–Kier alpha value is -1.12. The second kappa shape index (κ2) is 8.83. The van der Waals surface area contributed by atoms with Crippen LogP contribution in [0.2, 0.25) is 0 Å². The minimum absolute atomic E-state index is 0.318. The van der Waals surface area contributed by atoms with E-state index in [0.717, 1.165) is 61.3 Å². The summed E-state index contributed by atoms with van der Waals surface area (Å²) < 4.78 is 0. The van der Waals surface area contributed by atoms with Gasteiger partial charge < -0.3 is 10.2 Å². The molecule has 1 aromatic rings. The Morgan fingerprint density at radius 2 is 1.79 bits per heavy atom. The summed E-state index contributed by atoms with van der Waals surface area (Å²) in [5, 5.41) is 21.6. The van der Waals surface area contributed by atoms with E-state index in [1.165, 1.54) is 44.9 Å². The molecular formula is C31H46O2. The minimum Gasteiger partial charge on any atom is -0.390 e. The van der Waals surface area contributed by atoms with Crippen molar-refractivity contribution in [3.8, 4) is 0 Å². The molecule has 182 valence electrons. The molecule has 0 aliphatic heterocycles. The number of hydrogen-bond acceptors (Lipinski definition) is 2. The summed E-state index contributed by atoms with van der Waals surface area (Å²) >= 11 is 0. The fourth-order valence-corrected chi connectivity index (χ4v) is 9.00. The van der Waals surface area contributed by atoms with Crippen molar-refractivity contribution < 1.29 is 10.2 Å². The monoisotopic (exact) mass is 450 g/mol. The van der Waals surface area contributed by atoms with Gasteiger partial charge in [-0.1, -0.05) is 69.2 Å². The Morgan fingerprint density at radius 3 is 2.55 bits per heavy atom. The molecule has 1 aromatic carbocycles. The second-order valence-electron chi connectivity index (χ2n) is 12.7. The van der Waals surface area contributed by atoms with Gasteiger partial charge in [0.05, 0.1) is 11.7 Å². The number of rotatable bonds is 6. The Bertz CT molecular complexity index is 861. The Morgan fingerprint density at radius 1 is 1.00 bits per heavy atom. The third-order valence-corrected chi connectivity index (χ3v) is 11.3. The zero-order valence-electron chi connectivity index (χ0n) is 21.2. The minimum atomic E-state index is -0.454. The predicted octanol–water partition coefficient (Wildman–Crippen LogP) is 7.61. The van der Waals surface area contributed by atoms with Gasteiger partial charge in [-0.15, -0.1) is 0 Å². The SMILES string of the molecule is CC[C@]1(O)CC[C@@]2(C)C(=CC[C@H]3[C@@H]4CC[C@H](CCCC(O)c5ccccc5)[C@@]4(C)CC[C@@H]32)C1. The van der Waals surface area contributed by atoms with Gasteiger partial charge in [0.15, 0.2) is 0 Å². The lowest BCUT2D eigenvalue weighted by Crippen LogP contribution is -2.52. The zero-order valence-corrected chi connectivity index (χ0v) is 21.2. The van der Waals surface area contributed by atoms with Gasteiger partial charge in [-0.25, -0.2) is 0 Å². The third-order valence-electron chi connectivity index (χ3n) is 11.3. The van der Waals surface area contributed by atoms with Crippen molar-refractivity contribution >= 4 is 0 Å². The van der Waals surface area contributed by atoms with E-state index in [-0.39, 0.29) is 6.10 Å². The second-order valence-corrected chi connectivity index (χ2v) is 12.7. The van der Waals surface area contributed by atoms with Crippen LogP contribution in [0.4, 0.5) is 0 Å². The lowest BCUT2D eigenvalue weighted by Gasteiger charge is -2.59. The van der Waals surface area contributed by atoms with E-state index in [9.17, 15) is 10.2 Å². The molecule has 0 amide bonds. The van der Waals surface area contributed by atoms with Gasteiger partial charge in [-0.2, -0.15) is 0 Å². The first-order valence-electron chi connectivity index (χ1n) is 13.9. The molecule has 5 rings (SSSR count). The molecule has 1 unspecified atom stereocenters. The van der Waals surface area contributed by atoms with Crippen molar-refractivity contribution in [2.75, 3.05) is 0 Å². The van der Waals surface area contributed by atoms with Crippen LogP contribution in [0, 0.1) is 34.5 Å². The molecule has 2 N–H and O–H groups in total. The summed E-state index contributed by atoms with van der Waals surface area (Å²) in [6, 6.07) is 10.2. The van der Waals surface area contributed by atoms with Crippen molar-refractivity contribution in [3.63, 3.8) is 0 Å². The Balaban J connectivity index is 1.25. The van der Waals surface area contributed by atoms with E-state index in [0.29, 0.717) is 10.8 Å². The van der Waals surface area contributed by atoms with E-state index in [1.807, 2.05) is 18.2 Å². The molecule has 0 aromatic heterocycles. The van der Waals surface area contributed by atoms with Gasteiger partial charge in [0.25, 0.3) is 0 Å². The van der Waals surface area contributed by atoms with E-state index < -0.39 is 5.60 Å². The number of aliphatic hydroxyl groups is 2. The molecule has 4 aliphatic rings. The zero-order chi connectivity index (χ0) is 23.3. The number of hydrogen-bond donors (Lipinski definition) is 2. The Kier molecular flexibility index (Phi) is 6.32. The van der Waals surface area contributed by atoms with Crippen LogP contribution in [0.1, 0.15) is 109 Å². The van der Waals surface area contributed by atoms with Crippen LogP contribution in [-0.2, 0) is 0 Å². The lowest BCUT2D eigenvalue weighted by molar-refractivity contribution is -0.0718. The molecule has 0 heterocycles. The summed E-state index contributed by atoms with van der Waals surface area (Å²) in [6.07, 6.45) is 16.3. The average Bonchev–Trinajstić information content (AvgIpc) is 3.16. The van der Waals surface area contributed by atoms with Gasteiger partial charge in [0, 0.05) is 0 Å². The van der Waals surface area contributed by atoms with Crippen LogP contribution in [0.15, 0.2) is 42.0 Å². The highest BCUT2D eigenvalue weighted by Gasteiger charge is 2.59. The van der Waals surface area contributed by atoms with Gasteiger partial charge >= 0.3 is 0 Å². The molecule has 3 saturated carbocycles. The molecule has 0 spiro atoms. The summed E-state index contributed by atoms with van der Waals surface area (Å²) in [4.78, 5) is 0. The molecule has 0 saturated heterocycles. The first kappa shape index (κ1) is 23.6. The van der Waals surface area contributed by atoms with Gasteiger partial charge in [0.1, 0.15) is 0 Å². The lowest BCUT2D eigenvalue weighted by atomic mass is 9.46. The Labute approximate surface area is 201 Å². The number of allylic oxidation sites excluding steroid dienone is 1. The topological polar surface area (TPSA) is 40.5 Å². The summed E-state index contributed by atoms with van der Waals surface area (Å²) in [6.45, 7) is 7.32. The standard InChI is InChI=1S/C31H46O2/c1-4-31(33)20-19-30(3)24(21-31)13-15-25-26-16-14-23(29(26,2)18-17-27(25)30)11-8-12-28(32)22-9-6-5-7-10-22/h5-7,9-10,13,23,25-28,32-33H,4,8,11-12,14-21H2,1-3H3/t23-,25-,26-,27-,28?,29+,30-,31-/m0/s1. The van der Waals surface area contributed by atoms with Crippen LogP contribution in [0.5, 0.6) is 0 Å². The first-order valence-corrected chi connectivity index (χ1v) is 13.9. The fraction of sp³-hybridized carbons (Fsp3) is 0.742. The normalized spacial score (nSPS) is 43.2. The van der Waals surface area contributed by atoms with Crippen LogP contribution >= 0.6 is 0 Å². The molecule has 2 nitrogen and oxygen atoms in total. The molecule has 2 heteroatoms. The van der Waals surface area contributed by atoms with Crippen molar-refractivity contribution in [1.29, 1.82) is 0 Å². The van der Waals surface area contributed by atoms with Gasteiger partial charge in [0.2, 0.25) is 0 Å². The molecule has 0 bridgehead atoms. The third kappa shape index (κ3) is 4.04. The van der Waals surface area contributed by atoms with Crippen molar-refractivity contribution in [2.24, 2.45) is 34.5 Å². The predicted molar refractivity (Wildman–Crippen MR) is 136 cm³/mol. The van der Waals surface area contributed by atoms with Crippen LogP contribution in [0.25, 0.3) is 0 Å². The highest BCUT2D eigenvalue weighted by molar-refractivity contribution is 5.27. The first-order chi connectivity index (χ1) is 15.8. The average molecular weight is 451 g/mol. The highest BCUT2D eigenvalue weighted by Crippen LogP contribution is 2.67. The number of fused-ring (bicyclic) bond motifs is 5. The van der Waals surface area contributed by atoms with E-state index in [2.05, 4.69) is 39.0 Å². The van der Waals surface area contributed by atoms with Crippen molar-refractivity contribution in [1.82, 2.24) is 0 Å². The maximum atomic E-state index is 11.0. The van der Waals surface area contributed by atoms with Gasteiger partial charge in [-0.3, -0.25) is 0 Å². The smallest absolute Gasteiger partial charge is 0.0790 e. The molecule has 0 radical (unpaired) electrons. The van der Waals surface area contributed by atoms with Crippen LogP contribution in [0.3, 0.4) is 0 Å². The number of benzene rings is 1. The van der Waals surface area contributed by atoms with Crippen LogP contribution < -0.4 is 0 Å². The summed E-state index contributed by atoms with van der Waals surface area (Å²) in [5.74, 6) is 3.34. The fourth-order valence-electron chi connectivity index (χ4n) is 9.00. The van der Waals surface area contributed by atoms with Gasteiger partial charge in [-0.05, 0) is 111 Å². The molecular weight excluding hydrogens is 404 g/mol. The summed E-state index contributed by atoms with van der Waals surface area (Å²) in [5.41, 5.74) is 3.01. The van der Waals surface area contributed by atoms with E-state index in [1.54, 1.807) is 5.57 Å². The summed E-state index contributed by atoms with van der Waals surface area (Å²) in [7, 11) is 0. The largest absolute Gasteiger partial charge is 0.390 e. The highest BCUT2D eigenvalue weighted by atomic mass is 16.3. The molecule has 8 atom stereocenters. The van der Waals surface area contributed by atoms with Crippen molar-refractivity contribution in [3.05, 3.63) is 47.5 Å². The van der Waals surface area contributed by atoms with Crippen LogP contribution in [-0.4, -0.2) is 15.8 Å². The molecule has 3 fully saturated rings. The van der Waals surface area contributed by atoms with Crippen molar-refractivity contribution in [2.45, 2.75) is 110 Å². The maximum absolute atomic E-state index is 11.0. The van der Waals surface area contributed by atoms with E-state index in [4.69, 9.17) is 0 Å². The van der Waals surface area contributed by atoms with E-state index >= 15 is 0 Å².